The zero-order chi connectivity index (χ0) is 19.2. The van der Waals surface area contributed by atoms with E-state index in [1.165, 1.54) is 5.57 Å². The summed E-state index contributed by atoms with van der Waals surface area (Å²) in [7, 11) is 0. The molecule has 1 aliphatic heterocycles. The molecule has 26 heavy (non-hydrogen) atoms. The predicted octanol–water partition coefficient (Wildman–Crippen LogP) is 3.32. The summed E-state index contributed by atoms with van der Waals surface area (Å²) < 4.78 is 38.6. The summed E-state index contributed by atoms with van der Waals surface area (Å²) in [5.74, 6) is -0.127. The largest absolute Gasteiger partial charge is 0.433 e. The molecule has 0 unspecified atom stereocenters. The van der Waals surface area contributed by atoms with Crippen LogP contribution in [0.4, 0.5) is 24.9 Å². The van der Waals surface area contributed by atoms with E-state index in [1.807, 2.05) is 30.1 Å². The van der Waals surface area contributed by atoms with Crippen LogP contribution in [0, 0.1) is 0 Å². The number of hydrogen-bond acceptors (Lipinski definition) is 5. The minimum absolute atomic E-state index is 0.230. The normalized spacial score (nSPS) is 17.1. The molecule has 5 nitrogen and oxygen atoms in total. The zero-order valence-corrected chi connectivity index (χ0v) is 14.8. The Labute approximate surface area is 151 Å². The highest BCUT2D eigenvalue weighted by Crippen LogP contribution is 2.30. The Morgan fingerprint density at radius 3 is 2.65 bits per heavy atom. The van der Waals surface area contributed by atoms with E-state index in [-0.39, 0.29) is 11.8 Å². The van der Waals surface area contributed by atoms with Gasteiger partial charge in [0.2, 0.25) is 5.95 Å². The van der Waals surface area contributed by atoms with Crippen LogP contribution >= 0.6 is 0 Å². The van der Waals surface area contributed by atoms with Gasteiger partial charge in [0.15, 0.2) is 5.69 Å². The maximum atomic E-state index is 12.9. The molecule has 0 aliphatic carbocycles. The number of nitrogens with zero attached hydrogens (tertiary/aromatic N) is 3. The quantitative estimate of drug-likeness (QED) is 0.755. The maximum Gasteiger partial charge on any atom is 0.433 e. The third-order valence-corrected chi connectivity index (χ3v) is 4.14. The highest BCUT2D eigenvalue weighted by atomic mass is 19.4. The average molecular weight is 367 g/mol. The molecule has 1 aliphatic rings. The third-order valence-electron chi connectivity index (χ3n) is 4.14. The van der Waals surface area contributed by atoms with Crippen LogP contribution in [-0.4, -0.2) is 35.6 Å². The van der Waals surface area contributed by atoms with Crippen molar-refractivity contribution in [1.82, 2.24) is 15.3 Å². The molecule has 0 bridgehead atoms. The lowest BCUT2D eigenvalue weighted by Gasteiger charge is -2.33. The molecule has 0 saturated carbocycles. The first-order valence-electron chi connectivity index (χ1n) is 8.44. The number of nitrogens with one attached hydrogen (secondary N) is 1. The number of piperidine rings is 1. The van der Waals surface area contributed by atoms with Crippen LogP contribution in [0.5, 0.6) is 0 Å². The van der Waals surface area contributed by atoms with Gasteiger partial charge in [-0.15, -0.1) is 0 Å². The van der Waals surface area contributed by atoms with Crippen molar-refractivity contribution in [3.8, 4) is 0 Å². The number of aromatic nitrogens is 2. The van der Waals surface area contributed by atoms with E-state index >= 15 is 0 Å². The highest BCUT2D eigenvalue weighted by Gasteiger charge is 2.34. The Balaban J connectivity index is 1.90. The van der Waals surface area contributed by atoms with Crippen molar-refractivity contribution in [2.45, 2.75) is 32.0 Å². The Morgan fingerprint density at radius 1 is 1.35 bits per heavy atom. The standard InChI is InChI=1S/C18H24F3N5/c1-3-4-5-6-13(2)12-23-14-7-9-26(10-8-14)16-11-15(18(19,20)21)24-17(22)25-16/h3-6,11,14,23H,1,7-10,12H2,2H3,(H2,22,24,25)/b5-4-,13-6+. The summed E-state index contributed by atoms with van der Waals surface area (Å²) in [4.78, 5) is 9.06. The summed E-state index contributed by atoms with van der Waals surface area (Å²) in [5.41, 5.74) is 5.63. The number of anilines is 2. The number of nitrogens with two attached hydrogens (primary N) is 1. The van der Waals surface area contributed by atoms with Gasteiger partial charge in [0.1, 0.15) is 5.82 Å². The second-order valence-electron chi connectivity index (χ2n) is 6.24. The van der Waals surface area contributed by atoms with Gasteiger partial charge in [0.05, 0.1) is 0 Å². The molecule has 1 fully saturated rings. The number of halogens is 3. The molecule has 0 spiro atoms. The van der Waals surface area contributed by atoms with Crippen molar-refractivity contribution in [2.24, 2.45) is 0 Å². The molecule has 3 N–H and O–H groups in total. The van der Waals surface area contributed by atoms with E-state index in [4.69, 9.17) is 5.73 Å². The number of alkyl halides is 3. The molecule has 0 amide bonds. The zero-order valence-electron chi connectivity index (χ0n) is 14.8. The van der Waals surface area contributed by atoms with Gasteiger partial charge in [-0.25, -0.2) is 4.98 Å². The maximum absolute atomic E-state index is 12.9. The lowest BCUT2D eigenvalue weighted by molar-refractivity contribution is -0.141. The van der Waals surface area contributed by atoms with Gasteiger partial charge >= 0.3 is 6.18 Å². The van der Waals surface area contributed by atoms with E-state index < -0.39 is 11.9 Å². The molecule has 8 heteroatoms. The van der Waals surface area contributed by atoms with Crippen LogP contribution in [0.1, 0.15) is 25.5 Å². The van der Waals surface area contributed by atoms with E-state index in [2.05, 4.69) is 21.9 Å². The minimum Gasteiger partial charge on any atom is -0.368 e. The molecular formula is C18H24F3N5. The molecule has 142 valence electrons. The summed E-state index contributed by atoms with van der Waals surface area (Å²) >= 11 is 0. The average Bonchev–Trinajstić information content (AvgIpc) is 2.59. The fourth-order valence-corrected chi connectivity index (χ4v) is 2.74. The molecule has 1 aromatic heterocycles. The van der Waals surface area contributed by atoms with Gasteiger partial charge in [-0.05, 0) is 19.8 Å². The van der Waals surface area contributed by atoms with Crippen molar-refractivity contribution in [3.63, 3.8) is 0 Å². The van der Waals surface area contributed by atoms with Gasteiger partial charge in [-0.1, -0.05) is 36.5 Å². The Kier molecular flexibility index (Phi) is 6.79. The summed E-state index contributed by atoms with van der Waals surface area (Å²) in [6.45, 7) is 7.66. The van der Waals surface area contributed by atoms with Gasteiger partial charge in [0, 0.05) is 31.7 Å². The SMILES string of the molecule is C=C/C=C\C=C(/C)CNC1CCN(c2cc(C(F)(F)F)nc(N)n2)CC1. The van der Waals surface area contributed by atoms with Crippen molar-refractivity contribution in [3.05, 3.63) is 48.2 Å². The van der Waals surface area contributed by atoms with E-state index in [0.29, 0.717) is 19.1 Å². The first kappa shape index (κ1) is 20.0. The first-order valence-corrected chi connectivity index (χ1v) is 8.44. The molecule has 0 radical (unpaired) electrons. The Morgan fingerprint density at radius 2 is 2.04 bits per heavy atom. The van der Waals surface area contributed by atoms with E-state index in [1.54, 1.807) is 6.08 Å². The van der Waals surface area contributed by atoms with Gasteiger partial charge < -0.3 is 16.0 Å². The second kappa shape index (κ2) is 8.84. The summed E-state index contributed by atoms with van der Waals surface area (Å²) in [6, 6.07) is 1.28. The first-order chi connectivity index (χ1) is 12.3. The number of rotatable bonds is 6. The van der Waals surface area contributed by atoms with Crippen molar-refractivity contribution < 1.29 is 13.2 Å². The van der Waals surface area contributed by atoms with Crippen LogP contribution in [0.2, 0.25) is 0 Å². The number of allylic oxidation sites excluding steroid dienone is 4. The lowest BCUT2D eigenvalue weighted by atomic mass is 10.0. The van der Waals surface area contributed by atoms with Crippen LogP contribution < -0.4 is 16.0 Å². The van der Waals surface area contributed by atoms with Crippen LogP contribution in [-0.2, 0) is 6.18 Å². The van der Waals surface area contributed by atoms with E-state index in [0.717, 1.165) is 25.5 Å². The molecule has 2 rings (SSSR count). The van der Waals surface area contributed by atoms with Crippen molar-refractivity contribution in [1.29, 1.82) is 0 Å². The van der Waals surface area contributed by atoms with Gasteiger partial charge in [0.25, 0.3) is 0 Å². The van der Waals surface area contributed by atoms with Crippen molar-refractivity contribution >= 4 is 11.8 Å². The van der Waals surface area contributed by atoms with Gasteiger partial charge in [-0.2, -0.15) is 18.2 Å². The summed E-state index contributed by atoms with van der Waals surface area (Å²) in [6.07, 6.45) is 4.65. The monoisotopic (exact) mass is 367 g/mol. The number of hydrogen-bond donors (Lipinski definition) is 2. The Hall–Kier alpha value is -2.35. The van der Waals surface area contributed by atoms with E-state index in [9.17, 15) is 13.2 Å². The van der Waals surface area contributed by atoms with Crippen LogP contribution in [0.25, 0.3) is 0 Å². The topological polar surface area (TPSA) is 67.1 Å². The third kappa shape index (κ3) is 5.87. The molecule has 1 saturated heterocycles. The van der Waals surface area contributed by atoms with Gasteiger partial charge in [-0.3, -0.25) is 0 Å². The molecule has 1 aromatic rings. The lowest BCUT2D eigenvalue weighted by Crippen LogP contribution is -2.43. The predicted molar refractivity (Wildman–Crippen MR) is 97.8 cm³/mol. The molecule has 2 heterocycles. The smallest absolute Gasteiger partial charge is 0.368 e. The minimum atomic E-state index is -4.53. The fourth-order valence-electron chi connectivity index (χ4n) is 2.74. The van der Waals surface area contributed by atoms with Crippen molar-refractivity contribution in [2.75, 3.05) is 30.3 Å². The molecule has 0 atom stereocenters. The van der Waals surface area contributed by atoms with Crippen LogP contribution in [0.3, 0.4) is 0 Å². The summed E-state index contributed by atoms with van der Waals surface area (Å²) in [5, 5.41) is 3.48. The second-order valence-corrected chi connectivity index (χ2v) is 6.24. The molecule has 0 aromatic carbocycles. The number of nitrogen functional groups attached to an aromatic ring is 1. The highest BCUT2D eigenvalue weighted by molar-refractivity contribution is 5.44. The fraction of sp³-hybridized carbons (Fsp3) is 0.444. The molecular weight excluding hydrogens is 343 g/mol. The van der Waals surface area contributed by atoms with Crippen LogP contribution in [0.15, 0.2) is 42.5 Å². The Bertz CT molecular complexity index is 674.